The summed E-state index contributed by atoms with van der Waals surface area (Å²) in [5, 5.41) is 1.81. The fourth-order valence-corrected chi connectivity index (χ4v) is 2.76. The topological polar surface area (TPSA) is 47.0 Å². The number of sulfone groups is 1. The zero-order valence-electron chi connectivity index (χ0n) is 10.0. The van der Waals surface area contributed by atoms with Crippen molar-refractivity contribution in [2.24, 2.45) is 0 Å². The van der Waals surface area contributed by atoms with Crippen molar-refractivity contribution in [3.05, 3.63) is 70.3 Å². The van der Waals surface area contributed by atoms with Crippen LogP contribution in [0.4, 0.5) is 0 Å². The number of halogens is 1. The van der Waals surface area contributed by atoms with E-state index in [1.54, 1.807) is 54.9 Å². The van der Waals surface area contributed by atoms with Crippen molar-refractivity contribution >= 4 is 27.5 Å². The molecule has 0 aliphatic carbocycles. The highest BCUT2D eigenvalue weighted by Gasteiger charge is 2.07. The molecule has 1 heterocycles. The molecule has 2 rings (SSSR count). The first-order valence-corrected chi connectivity index (χ1v) is 7.70. The fraction of sp³-hybridized carbons (Fsp3) is 0.0714. The molecule has 0 aliphatic rings. The Labute approximate surface area is 117 Å². The Hall–Kier alpha value is -1.65. The van der Waals surface area contributed by atoms with Crippen molar-refractivity contribution in [3.63, 3.8) is 0 Å². The summed E-state index contributed by atoms with van der Waals surface area (Å²) < 4.78 is 23.8. The molecule has 0 aliphatic heterocycles. The summed E-state index contributed by atoms with van der Waals surface area (Å²) in [6, 6.07) is 10.3. The minimum Gasteiger partial charge on any atom is -0.265 e. The lowest BCUT2D eigenvalue weighted by atomic mass is 10.2. The van der Waals surface area contributed by atoms with E-state index in [0.717, 1.165) is 5.56 Å². The molecular weight excluding hydrogens is 282 g/mol. The molecule has 3 nitrogen and oxygen atoms in total. The number of hydrogen-bond acceptors (Lipinski definition) is 3. The van der Waals surface area contributed by atoms with Gasteiger partial charge in [-0.25, -0.2) is 8.42 Å². The Balaban J connectivity index is 2.11. The second-order valence-electron chi connectivity index (χ2n) is 4.02. The molecular formula is C14H12ClNO2S. The molecule has 0 atom stereocenters. The largest absolute Gasteiger partial charge is 0.265 e. The molecule has 0 amide bonds. The third kappa shape index (κ3) is 4.50. The van der Waals surface area contributed by atoms with E-state index in [4.69, 9.17) is 11.6 Å². The number of nitrogens with zero attached hydrogens (tertiary/aromatic N) is 1. The van der Waals surface area contributed by atoms with Crippen LogP contribution in [0.3, 0.4) is 0 Å². The zero-order chi connectivity index (χ0) is 13.7. The van der Waals surface area contributed by atoms with Crippen LogP contribution in [0.25, 0.3) is 6.08 Å². The Bertz CT molecular complexity index is 664. The molecule has 0 bridgehead atoms. The van der Waals surface area contributed by atoms with Gasteiger partial charge in [0, 0.05) is 22.8 Å². The van der Waals surface area contributed by atoms with Gasteiger partial charge in [0.25, 0.3) is 0 Å². The van der Waals surface area contributed by atoms with Gasteiger partial charge in [-0.05, 0) is 41.5 Å². The van der Waals surface area contributed by atoms with Gasteiger partial charge in [0.2, 0.25) is 0 Å². The van der Waals surface area contributed by atoms with Crippen molar-refractivity contribution in [2.45, 2.75) is 5.75 Å². The maximum Gasteiger partial charge on any atom is 0.175 e. The highest BCUT2D eigenvalue weighted by molar-refractivity contribution is 7.93. The van der Waals surface area contributed by atoms with Gasteiger partial charge in [0.15, 0.2) is 9.84 Å². The minimum atomic E-state index is -3.29. The van der Waals surface area contributed by atoms with Crippen LogP contribution in [0.2, 0.25) is 5.02 Å². The van der Waals surface area contributed by atoms with E-state index in [1.165, 1.54) is 5.41 Å². The SMILES string of the molecule is O=S(=O)(/C=C/c1ccncc1)Cc1ccc(Cl)cc1. The molecule has 0 unspecified atom stereocenters. The Morgan fingerprint density at radius 2 is 1.68 bits per heavy atom. The Morgan fingerprint density at radius 3 is 2.32 bits per heavy atom. The van der Waals surface area contributed by atoms with Crippen LogP contribution < -0.4 is 0 Å². The number of aromatic nitrogens is 1. The first kappa shape index (κ1) is 13.8. The lowest BCUT2D eigenvalue weighted by molar-refractivity contribution is 0.604. The van der Waals surface area contributed by atoms with Crippen molar-refractivity contribution < 1.29 is 8.42 Å². The van der Waals surface area contributed by atoms with Crippen LogP contribution in [0.5, 0.6) is 0 Å². The molecule has 1 aromatic heterocycles. The van der Waals surface area contributed by atoms with Gasteiger partial charge in [-0.3, -0.25) is 4.98 Å². The molecule has 0 fully saturated rings. The molecule has 0 N–H and O–H groups in total. The average Bonchev–Trinajstić information content (AvgIpc) is 2.40. The van der Waals surface area contributed by atoms with E-state index < -0.39 is 9.84 Å². The summed E-state index contributed by atoms with van der Waals surface area (Å²) in [6.07, 6.45) is 4.80. The molecule has 98 valence electrons. The highest BCUT2D eigenvalue weighted by Crippen LogP contribution is 2.13. The summed E-state index contributed by atoms with van der Waals surface area (Å²) in [5.74, 6) is -0.0360. The third-order valence-electron chi connectivity index (χ3n) is 2.46. The van der Waals surface area contributed by atoms with Crippen molar-refractivity contribution in [3.8, 4) is 0 Å². The van der Waals surface area contributed by atoms with Crippen LogP contribution in [0, 0.1) is 0 Å². The van der Waals surface area contributed by atoms with E-state index in [-0.39, 0.29) is 5.75 Å². The Kier molecular flexibility index (Phi) is 4.35. The van der Waals surface area contributed by atoms with Gasteiger partial charge >= 0.3 is 0 Å². The van der Waals surface area contributed by atoms with Gasteiger partial charge in [-0.2, -0.15) is 0 Å². The first-order valence-electron chi connectivity index (χ1n) is 5.60. The zero-order valence-corrected chi connectivity index (χ0v) is 11.6. The number of benzene rings is 1. The predicted molar refractivity (Wildman–Crippen MR) is 77.3 cm³/mol. The summed E-state index contributed by atoms with van der Waals surface area (Å²) >= 11 is 5.75. The molecule has 0 spiro atoms. The fourth-order valence-electron chi connectivity index (χ4n) is 1.52. The minimum absolute atomic E-state index is 0.0360. The lowest BCUT2D eigenvalue weighted by Gasteiger charge is -2.00. The lowest BCUT2D eigenvalue weighted by Crippen LogP contribution is -1.99. The molecule has 19 heavy (non-hydrogen) atoms. The van der Waals surface area contributed by atoms with E-state index in [0.29, 0.717) is 10.6 Å². The maximum absolute atomic E-state index is 11.9. The normalized spacial score (nSPS) is 11.8. The van der Waals surface area contributed by atoms with Crippen molar-refractivity contribution in [1.82, 2.24) is 4.98 Å². The molecule has 0 radical (unpaired) electrons. The van der Waals surface area contributed by atoms with Crippen molar-refractivity contribution in [1.29, 1.82) is 0 Å². The molecule has 0 saturated carbocycles. The van der Waals surface area contributed by atoms with E-state index >= 15 is 0 Å². The van der Waals surface area contributed by atoms with Crippen LogP contribution in [0.15, 0.2) is 54.2 Å². The quantitative estimate of drug-likeness (QED) is 0.869. The van der Waals surface area contributed by atoms with Gasteiger partial charge in [0.05, 0.1) is 5.75 Å². The standard InChI is InChI=1S/C14H12ClNO2S/c15-14-3-1-13(2-4-14)11-19(17,18)10-7-12-5-8-16-9-6-12/h1-10H,11H2/b10-7+. The molecule has 1 aromatic carbocycles. The van der Waals surface area contributed by atoms with E-state index in [9.17, 15) is 8.42 Å². The Morgan fingerprint density at radius 1 is 1.05 bits per heavy atom. The van der Waals surface area contributed by atoms with Crippen LogP contribution in [0.1, 0.15) is 11.1 Å². The summed E-state index contributed by atoms with van der Waals surface area (Å²) in [5.41, 5.74) is 1.51. The number of rotatable bonds is 4. The average molecular weight is 294 g/mol. The molecule has 2 aromatic rings. The molecule has 5 heteroatoms. The second kappa shape index (κ2) is 5.99. The summed E-state index contributed by atoms with van der Waals surface area (Å²) in [4.78, 5) is 3.87. The van der Waals surface area contributed by atoms with Gasteiger partial charge in [0.1, 0.15) is 0 Å². The number of pyridine rings is 1. The van der Waals surface area contributed by atoms with Crippen LogP contribution in [-0.4, -0.2) is 13.4 Å². The van der Waals surface area contributed by atoms with Gasteiger partial charge < -0.3 is 0 Å². The first-order chi connectivity index (χ1) is 9.05. The third-order valence-corrected chi connectivity index (χ3v) is 3.99. The van der Waals surface area contributed by atoms with Gasteiger partial charge in [-0.1, -0.05) is 23.7 Å². The monoisotopic (exact) mass is 293 g/mol. The molecule has 0 saturated heterocycles. The van der Waals surface area contributed by atoms with E-state index in [2.05, 4.69) is 4.98 Å². The predicted octanol–water partition coefficient (Wildman–Crippen LogP) is 3.32. The van der Waals surface area contributed by atoms with Crippen LogP contribution in [-0.2, 0) is 15.6 Å². The van der Waals surface area contributed by atoms with Crippen LogP contribution >= 0.6 is 11.6 Å². The van der Waals surface area contributed by atoms with Crippen molar-refractivity contribution in [2.75, 3.05) is 0 Å². The van der Waals surface area contributed by atoms with Gasteiger partial charge in [-0.15, -0.1) is 0 Å². The number of hydrogen-bond donors (Lipinski definition) is 0. The smallest absolute Gasteiger partial charge is 0.175 e. The maximum atomic E-state index is 11.9. The summed E-state index contributed by atoms with van der Waals surface area (Å²) in [7, 11) is -3.29. The second-order valence-corrected chi connectivity index (χ2v) is 6.34. The highest BCUT2D eigenvalue weighted by atomic mass is 35.5. The van der Waals surface area contributed by atoms with E-state index in [1.807, 2.05) is 0 Å². The summed E-state index contributed by atoms with van der Waals surface area (Å²) in [6.45, 7) is 0.